The van der Waals surface area contributed by atoms with Crippen LogP contribution in [-0.4, -0.2) is 67.9 Å². The van der Waals surface area contributed by atoms with Crippen molar-refractivity contribution < 1.29 is 27.1 Å². The van der Waals surface area contributed by atoms with Crippen LogP contribution in [0.2, 0.25) is 36.3 Å². The third kappa shape index (κ3) is 16.3. The van der Waals surface area contributed by atoms with Crippen molar-refractivity contribution in [1.29, 1.82) is 0 Å². The highest BCUT2D eigenvalue weighted by Crippen LogP contribution is 2.38. The zero-order valence-electron chi connectivity index (χ0n) is 35.7. The maximum atomic E-state index is 14.0. The number of methoxy groups -OCH3 is 1. The van der Waals surface area contributed by atoms with Gasteiger partial charge in [0.05, 0.1) is 29.0 Å². The highest BCUT2D eigenvalue weighted by atomic mass is 32.2. The Morgan fingerprint density at radius 2 is 1.43 bits per heavy atom. The molecular formula is C44H74O6SSi2. The average molecular weight is 787 g/mol. The van der Waals surface area contributed by atoms with Crippen LogP contribution in [0.5, 0.6) is 0 Å². The van der Waals surface area contributed by atoms with Crippen LogP contribution >= 0.6 is 0 Å². The fraction of sp³-hybridized carbons (Fsp3) is 0.591. The van der Waals surface area contributed by atoms with Crippen molar-refractivity contribution in [3.8, 4) is 0 Å². The van der Waals surface area contributed by atoms with Gasteiger partial charge in [0, 0.05) is 13.7 Å². The molecule has 3 atom stereocenters. The molecule has 1 aromatic rings. The number of aliphatic hydroxyl groups is 1. The van der Waals surface area contributed by atoms with Gasteiger partial charge >= 0.3 is 0 Å². The van der Waals surface area contributed by atoms with E-state index < -0.39 is 31.2 Å². The number of benzene rings is 1. The lowest BCUT2D eigenvalue weighted by molar-refractivity contribution is 0.133. The van der Waals surface area contributed by atoms with Gasteiger partial charge in [-0.2, -0.15) is 0 Å². The Morgan fingerprint density at radius 3 is 2.00 bits per heavy atom. The van der Waals surface area contributed by atoms with Gasteiger partial charge in [-0.3, -0.25) is 0 Å². The minimum Gasteiger partial charge on any atom is -0.416 e. The molecule has 53 heavy (non-hydrogen) atoms. The zero-order valence-corrected chi connectivity index (χ0v) is 38.5. The summed E-state index contributed by atoms with van der Waals surface area (Å²) in [5, 5.41) is 9.50. The van der Waals surface area contributed by atoms with E-state index in [9.17, 15) is 13.5 Å². The summed E-state index contributed by atoms with van der Waals surface area (Å²) in [6.07, 6.45) is 22.3. The molecule has 9 heteroatoms. The van der Waals surface area contributed by atoms with Gasteiger partial charge in [0.2, 0.25) is 0 Å². The summed E-state index contributed by atoms with van der Waals surface area (Å²) in [5.41, 5.74) is 2.17. The van der Waals surface area contributed by atoms with E-state index in [1.807, 2.05) is 49.4 Å². The minimum absolute atomic E-state index is 0.0233. The summed E-state index contributed by atoms with van der Waals surface area (Å²) in [4.78, 5) is 0.313. The number of ether oxygens (including phenoxy) is 1. The molecule has 0 aliphatic heterocycles. The molecular weight excluding hydrogens is 713 g/mol. The van der Waals surface area contributed by atoms with Crippen LogP contribution < -0.4 is 0 Å². The third-order valence-corrected chi connectivity index (χ3v) is 22.5. The van der Waals surface area contributed by atoms with E-state index in [1.54, 1.807) is 44.4 Å². The minimum atomic E-state index is -3.68. The maximum absolute atomic E-state index is 14.0. The summed E-state index contributed by atoms with van der Waals surface area (Å²) in [6, 6.07) is 8.70. The number of allylic oxidation sites excluding steroid dienone is 6. The van der Waals surface area contributed by atoms with Crippen LogP contribution in [0, 0.1) is 5.92 Å². The second kappa shape index (κ2) is 21.8. The predicted octanol–water partition coefficient (Wildman–Crippen LogP) is 11.6. The molecule has 0 spiro atoms. The lowest BCUT2D eigenvalue weighted by Gasteiger charge is -2.36. The third-order valence-electron chi connectivity index (χ3n) is 11.0. The van der Waals surface area contributed by atoms with Gasteiger partial charge in [0.1, 0.15) is 0 Å². The molecule has 0 bridgehead atoms. The molecule has 300 valence electrons. The number of hydrogen-bond acceptors (Lipinski definition) is 6. The summed E-state index contributed by atoms with van der Waals surface area (Å²) in [7, 11) is -5.78. The first-order chi connectivity index (χ1) is 24.4. The number of hydrogen-bond donors (Lipinski definition) is 1. The smallest absolute Gasteiger partial charge is 0.192 e. The van der Waals surface area contributed by atoms with Crippen LogP contribution in [0.25, 0.3) is 0 Å². The summed E-state index contributed by atoms with van der Waals surface area (Å²) < 4.78 is 45.4. The molecule has 0 amide bonds. The van der Waals surface area contributed by atoms with E-state index in [-0.39, 0.29) is 28.7 Å². The fourth-order valence-electron chi connectivity index (χ4n) is 4.91. The van der Waals surface area contributed by atoms with Gasteiger partial charge in [-0.1, -0.05) is 127 Å². The van der Waals surface area contributed by atoms with Gasteiger partial charge in [-0.25, -0.2) is 8.42 Å². The molecule has 0 heterocycles. The van der Waals surface area contributed by atoms with Gasteiger partial charge in [0.15, 0.2) is 26.5 Å². The Balaban J connectivity index is 3.21. The lowest BCUT2D eigenvalue weighted by atomic mass is 10.0. The van der Waals surface area contributed by atoms with Crippen molar-refractivity contribution in [2.24, 2.45) is 5.92 Å². The second-order valence-electron chi connectivity index (χ2n) is 17.5. The summed E-state index contributed by atoms with van der Waals surface area (Å²) in [6.45, 7) is 29.8. The van der Waals surface area contributed by atoms with Crippen molar-refractivity contribution in [1.82, 2.24) is 0 Å². The standard InChI is InChI=1S/C44H74O6SSi2/c1-37(27-28-39(30-35-49-52(11,12)42(3,4)5)31-36-50-53(13,14)43(6,7)8)23-22-33-44(9,51(46,47)40-24-18-17-19-25-40)32-21-16-15-20-26-41(48-10)38(2)29-34-45/h15-22,24-25,27-30,33,37,41,45H,23,26,31-32,34-36H2,1-14H3/b20-15-,21-16+,28-27+,33-22+,38-29-,39-30+/t37-,41+,44?/m0/s1. The topological polar surface area (TPSA) is 82.1 Å². The van der Waals surface area contributed by atoms with Gasteiger partial charge in [-0.05, 0) is 105 Å². The lowest BCUT2D eigenvalue weighted by Crippen LogP contribution is -2.41. The monoisotopic (exact) mass is 786 g/mol. The molecule has 0 aliphatic rings. The number of sulfone groups is 1. The first-order valence-corrected chi connectivity index (χ1v) is 26.5. The molecule has 0 aromatic heterocycles. The van der Waals surface area contributed by atoms with Gasteiger partial charge in [0.25, 0.3) is 0 Å². The highest BCUT2D eigenvalue weighted by molar-refractivity contribution is 7.93. The first-order valence-electron chi connectivity index (χ1n) is 19.2. The summed E-state index contributed by atoms with van der Waals surface area (Å²) >= 11 is 0. The molecule has 0 aliphatic carbocycles. The Bertz CT molecular complexity index is 1520. The van der Waals surface area contributed by atoms with Crippen LogP contribution in [-0.2, 0) is 23.4 Å². The number of rotatable bonds is 22. The SMILES string of the molecule is CO[C@H](C/C=C\C=C\CC(C)(/C=C/C[C@H](C)/C=C/C(=C\CO[Si](C)(C)C(C)(C)C)CCO[Si](C)(C)C(C)(C)C)S(=O)(=O)c1ccccc1)/C(C)=C\CO. The quantitative estimate of drug-likeness (QED) is 0.0716. The fourth-order valence-corrected chi connectivity index (χ4v) is 8.53. The number of aliphatic hydroxyl groups excluding tert-OH is 1. The van der Waals surface area contributed by atoms with Crippen LogP contribution in [0.15, 0.2) is 107 Å². The van der Waals surface area contributed by atoms with E-state index in [2.05, 4.69) is 92.9 Å². The van der Waals surface area contributed by atoms with Gasteiger partial charge < -0.3 is 18.7 Å². The molecule has 0 fully saturated rings. The zero-order chi connectivity index (χ0) is 40.6. The van der Waals surface area contributed by atoms with Crippen molar-refractivity contribution in [3.05, 3.63) is 102 Å². The van der Waals surface area contributed by atoms with E-state index in [0.29, 0.717) is 37.4 Å². The first kappa shape index (κ1) is 48.9. The Hall–Kier alpha value is -2.12. The molecule has 0 radical (unpaired) electrons. The average Bonchev–Trinajstić information content (AvgIpc) is 3.05. The predicted molar refractivity (Wildman–Crippen MR) is 232 cm³/mol. The largest absolute Gasteiger partial charge is 0.416 e. The van der Waals surface area contributed by atoms with Gasteiger partial charge in [-0.15, -0.1) is 0 Å². The van der Waals surface area contributed by atoms with Crippen LogP contribution in [0.1, 0.15) is 88.0 Å². The van der Waals surface area contributed by atoms with Crippen molar-refractivity contribution in [3.63, 3.8) is 0 Å². The molecule has 0 saturated heterocycles. The highest BCUT2D eigenvalue weighted by Gasteiger charge is 2.38. The van der Waals surface area contributed by atoms with E-state index in [1.165, 1.54) is 5.57 Å². The Morgan fingerprint density at radius 1 is 0.849 bits per heavy atom. The molecule has 1 N–H and O–H groups in total. The van der Waals surface area contributed by atoms with Crippen LogP contribution in [0.3, 0.4) is 0 Å². The van der Waals surface area contributed by atoms with Crippen molar-refractivity contribution >= 4 is 26.5 Å². The second-order valence-corrected chi connectivity index (χ2v) is 29.5. The van der Waals surface area contributed by atoms with Crippen molar-refractivity contribution in [2.45, 2.75) is 140 Å². The maximum Gasteiger partial charge on any atom is 0.192 e. The van der Waals surface area contributed by atoms with E-state index in [4.69, 9.17) is 13.6 Å². The molecule has 1 unspecified atom stereocenters. The molecule has 1 rings (SSSR count). The Kier molecular flexibility index (Phi) is 20.1. The molecule has 6 nitrogen and oxygen atoms in total. The molecule has 1 aromatic carbocycles. The van der Waals surface area contributed by atoms with E-state index >= 15 is 0 Å². The normalized spacial score (nSPS) is 17.0. The van der Waals surface area contributed by atoms with E-state index in [0.717, 1.165) is 12.0 Å². The summed E-state index contributed by atoms with van der Waals surface area (Å²) in [5.74, 6) is 0.191. The van der Waals surface area contributed by atoms with Crippen LogP contribution in [0.4, 0.5) is 0 Å². The Labute approximate surface area is 327 Å². The van der Waals surface area contributed by atoms with Crippen molar-refractivity contribution in [2.75, 3.05) is 26.9 Å². The molecule has 0 saturated carbocycles.